The lowest BCUT2D eigenvalue weighted by atomic mass is 10.1. The van der Waals surface area contributed by atoms with Crippen LogP contribution in [0.4, 0.5) is 0 Å². The number of aromatic nitrogens is 3. The van der Waals surface area contributed by atoms with E-state index in [2.05, 4.69) is 38.7 Å². The molecule has 2 N–H and O–H groups in total. The van der Waals surface area contributed by atoms with Crippen molar-refractivity contribution < 1.29 is 0 Å². The Morgan fingerprint density at radius 1 is 1.10 bits per heavy atom. The number of guanidine groups is 1. The summed E-state index contributed by atoms with van der Waals surface area (Å²) in [5.74, 6) is 1.60. The van der Waals surface area contributed by atoms with Crippen LogP contribution in [0.15, 0.2) is 53.7 Å². The predicted molar refractivity (Wildman–Crippen MR) is 119 cm³/mol. The van der Waals surface area contributed by atoms with Gasteiger partial charge in [-0.1, -0.05) is 29.8 Å². The van der Waals surface area contributed by atoms with Crippen LogP contribution in [-0.2, 0) is 13.0 Å². The highest BCUT2D eigenvalue weighted by molar-refractivity contribution is 6.30. The van der Waals surface area contributed by atoms with Crippen LogP contribution >= 0.6 is 11.6 Å². The smallest absolute Gasteiger partial charge is 0.191 e. The number of halogens is 1. The largest absolute Gasteiger partial charge is 0.357 e. The van der Waals surface area contributed by atoms with E-state index in [0.29, 0.717) is 6.54 Å². The van der Waals surface area contributed by atoms with Gasteiger partial charge in [0.25, 0.3) is 0 Å². The van der Waals surface area contributed by atoms with Crippen molar-refractivity contribution in [3.8, 4) is 5.82 Å². The zero-order valence-electron chi connectivity index (χ0n) is 17.1. The second kappa shape index (κ2) is 10.1. The van der Waals surface area contributed by atoms with E-state index in [4.69, 9.17) is 11.6 Å². The second-order valence-corrected chi connectivity index (χ2v) is 7.30. The first-order valence-corrected chi connectivity index (χ1v) is 10.2. The maximum atomic E-state index is 6.05. The maximum absolute atomic E-state index is 6.05. The summed E-state index contributed by atoms with van der Waals surface area (Å²) in [5.41, 5.74) is 4.29. The lowest BCUT2D eigenvalue weighted by Crippen LogP contribution is -2.38. The molecular weight excluding hydrogens is 384 g/mol. The summed E-state index contributed by atoms with van der Waals surface area (Å²) in [6.07, 6.45) is 2.73. The molecule has 0 bridgehead atoms. The van der Waals surface area contributed by atoms with E-state index in [1.165, 1.54) is 5.56 Å². The van der Waals surface area contributed by atoms with Crippen molar-refractivity contribution in [3.63, 3.8) is 0 Å². The molecule has 152 valence electrons. The van der Waals surface area contributed by atoms with E-state index in [-0.39, 0.29) is 0 Å². The average molecular weight is 411 g/mol. The SMILES string of the molecule is CCNC(=NCc1ccc(-n2nc(C)cc2C)nc1)NCCc1cccc(Cl)c1. The molecule has 0 unspecified atom stereocenters. The Balaban J connectivity index is 1.58. The summed E-state index contributed by atoms with van der Waals surface area (Å²) in [6.45, 7) is 8.20. The molecule has 0 amide bonds. The number of nitrogens with zero attached hydrogens (tertiary/aromatic N) is 4. The molecule has 0 fully saturated rings. The van der Waals surface area contributed by atoms with Gasteiger partial charge in [-0.15, -0.1) is 0 Å². The molecule has 0 spiro atoms. The molecule has 3 rings (SSSR count). The van der Waals surface area contributed by atoms with Crippen molar-refractivity contribution in [1.29, 1.82) is 0 Å². The van der Waals surface area contributed by atoms with Crippen LogP contribution in [0, 0.1) is 13.8 Å². The van der Waals surface area contributed by atoms with Crippen molar-refractivity contribution in [2.24, 2.45) is 4.99 Å². The Morgan fingerprint density at radius 3 is 2.62 bits per heavy atom. The Kier molecular flexibility index (Phi) is 7.25. The van der Waals surface area contributed by atoms with Gasteiger partial charge < -0.3 is 10.6 Å². The molecule has 0 aliphatic heterocycles. The van der Waals surface area contributed by atoms with Gasteiger partial charge in [-0.05, 0) is 62.6 Å². The second-order valence-electron chi connectivity index (χ2n) is 6.87. The minimum absolute atomic E-state index is 0.552. The third kappa shape index (κ3) is 6.06. The highest BCUT2D eigenvalue weighted by Gasteiger charge is 2.05. The molecule has 6 nitrogen and oxygen atoms in total. The van der Waals surface area contributed by atoms with Crippen LogP contribution in [0.1, 0.15) is 29.4 Å². The monoisotopic (exact) mass is 410 g/mol. The molecular formula is C22H27ClN6. The summed E-state index contributed by atoms with van der Waals surface area (Å²) in [7, 11) is 0. The summed E-state index contributed by atoms with van der Waals surface area (Å²) >= 11 is 6.05. The van der Waals surface area contributed by atoms with Gasteiger partial charge in [-0.25, -0.2) is 14.7 Å². The highest BCUT2D eigenvalue weighted by Crippen LogP contribution is 2.11. The minimum atomic E-state index is 0.552. The fraction of sp³-hybridized carbons (Fsp3) is 0.318. The summed E-state index contributed by atoms with van der Waals surface area (Å²) in [4.78, 5) is 9.20. The van der Waals surface area contributed by atoms with Crippen LogP contribution in [0.2, 0.25) is 5.02 Å². The Labute approximate surface area is 177 Å². The summed E-state index contributed by atoms with van der Waals surface area (Å²) < 4.78 is 1.85. The average Bonchev–Trinajstić information content (AvgIpc) is 3.04. The van der Waals surface area contributed by atoms with Crippen LogP contribution in [0.3, 0.4) is 0 Å². The number of benzene rings is 1. The zero-order valence-corrected chi connectivity index (χ0v) is 17.9. The third-order valence-corrected chi connectivity index (χ3v) is 4.63. The van der Waals surface area contributed by atoms with E-state index >= 15 is 0 Å². The lowest BCUT2D eigenvalue weighted by molar-refractivity contribution is 0.794. The first-order chi connectivity index (χ1) is 14.0. The van der Waals surface area contributed by atoms with E-state index in [1.807, 2.05) is 61.1 Å². The Bertz CT molecular complexity index is 962. The minimum Gasteiger partial charge on any atom is -0.357 e. The summed E-state index contributed by atoms with van der Waals surface area (Å²) in [5, 5.41) is 11.9. The molecule has 0 radical (unpaired) electrons. The number of pyridine rings is 1. The molecule has 29 heavy (non-hydrogen) atoms. The number of hydrogen-bond acceptors (Lipinski definition) is 3. The molecule has 2 aromatic heterocycles. The van der Waals surface area contributed by atoms with E-state index in [0.717, 1.165) is 53.3 Å². The normalized spacial score (nSPS) is 11.5. The number of aliphatic imine (C=N–C) groups is 1. The molecule has 7 heteroatoms. The number of nitrogens with one attached hydrogen (secondary N) is 2. The zero-order chi connectivity index (χ0) is 20.6. The Morgan fingerprint density at radius 2 is 1.97 bits per heavy atom. The van der Waals surface area contributed by atoms with Gasteiger partial charge in [-0.2, -0.15) is 5.10 Å². The van der Waals surface area contributed by atoms with Crippen molar-refractivity contribution >= 4 is 17.6 Å². The first-order valence-electron chi connectivity index (χ1n) is 9.80. The van der Waals surface area contributed by atoms with Gasteiger partial charge in [0, 0.05) is 30.0 Å². The van der Waals surface area contributed by atoms with Gasteiger partial charge >= 0.3 is 0 Å². The van der Waals surface area contributed by atoms with Crippen LogP contribution in [0.25, 0.3) is 5.82 Å². The number of rotatable bonds is 7. The predicted octanol–water partition coefficient (Wildman–Crippen LogP) is 3.84. The molecule has 3 aromatic rings. The molecule has 0 saturated heterocycles. The van der Waals surface area contributed by atoms with Crippen molar-refractivity contribution in [2.45, 2.75) is 33.7 Å². The van der Waals surface area contributed by atoms with Crippen molar-refractivity contribution in [1.82, 2.24) is 25.4 Å². The van der Waals surface area contributed by atoms with Crippen LogP contribution in [-0.4, -0.2) is 33.8 Å². The van der Waals surface area contributed by atoms with Crippen LogP contribution in [0.5, 0.6) is 0 Å². The molecule has 0 aliphatic rings. The number of aryl methyl sites for hydroxylation is 2. The molecule has 0 saturated carbocycles. The standard InChI is InChI=1S/C22H27ClN6/c1-4-24-22(25-11-10-18-6-5-7-20(23)13-18)27-15-19-8-9-21(26-14-19)29-17(3)12-16(2)28-29/h5-9,12-14H,4,10-11,15H2,1-3H3,(H2,24,25,27). The Hall–Kier alpha value is -2.86. The van der Waals surface area contributed by atoms with Gasteiger partial charge in [0.2, 0.25) is 0 Å². The van der Waals surface area contributed by atoms with Crippen molar-refractivity contribution in [3.05, 3.63) is 76.2 Å². The summed E-state index contributed by atoms with van der Waals surface area (Å²) in [6, 6.07) is 14.0. The molecule has 2 heterocycles. The van der Waals surface area contributed by atoms with Gasteiger partial charge in [0.1, 0.15) is 0 Å². The molecule has 1 aromatic carbocycles. The van der Waals surface area contributed by atoms with E-state index in [9.17, 15) is 0 Å². The maximum Gasteiger partial charge on any atom is 0.191 e. The quantitative estimate of drug-likeness (QED) is 0.458. The van der Waals surface area contributed by atoms with Gasteiger partial charge in [0.15, 0.2) is 11.8 Å². The highest BCUT2D eigenvalue weighted by atomic mass is 35.5. The van der Waals surface area contributed by atoms with Gasteiger partial charge in [0.05, 0.1) is 12.2 Å². The lowest BCUT2D eigenvalue weighted by Gasteiger charge is -2.11. The number of hydrogen-bond donors (Lipinski definition) is 2. The van der Waals surface area contributed by atoms with E-state index < -0.39 is 0 Å². The fourth-order valence-corrected chi connectivity index (χ4v) is 3.24. The van der Waals surface area contributed by atoms with Gasteiger partial charge in [-0.3, -0.25) is 0 Å². The first kappa shape index (κ1) is 20.9. The van der Waals surface area contributed by atoms with Crippen LogP contribution < -0.4 is 10.6 Å². The fourth-order valence-electron chi connectivity index (χ4n) is 3.03. The topological polar surface area (TPSA) is 67.1 Å². The van der Waals surface area contributed by atoms with Crippen molar-refractivity contribution in [2.75, 3.05) is 13.1 Å². The molecule has 0 aliphatic carbocycles. The third-order valence-electron chi connectivity index (χ3n) is 4.39. The van der Waals surface area contributed by atoms with E-state index in [1.54, 1.807) is 0 Å². The molecule has 0 atom stereocenters.